The molecule has 2 nitrogen and oxygen atoms in total. The maximum Gasteiger partial charge on any atom is 0.120 e. The van der Waals surface area contributed by atoms with Crippen molar-refractivity contribution >= 4 is 5.69 Å². The highest BCUT2D eigenvalue weighted by Gasteiger charge is 2.56. The molecular formula is C18H25NO. The Morgan fingerprint density at radius 3 is 2.60 bits per heavy atom. The molecule has 2 heteroatoms. The van der Waals surface area contributed by atoms with Gasteiger partial charge in [0.25, 0.3) is 0 Å². The molecule has 0 N–H and O–H groups in total. The zero-order chi connectivity index (χ0) is 14.1. The van der Waals surface area contributed by atoms with Gasteiger partial charge in [0.15, 0.2) is 0 Å². The van der Waals surface area contributed by atoms with Crippen LogP contribution in [0.25, 0.3) is 0 Å². The SMILES string of the molecule is COc1ccc2c(c1)N(C(C)(C)C)[C@@H]1[C@H]3CC[C@H](C3)[C@H]21. The number of rotatable bonds is 1. The zero-order valence-corrected chi connectivity index (χ0v) is 13.0. The molecule has 108 valence electrons. The maximum atomic E-state index is 5.47. The van der Waals surface area contributed by atoms with Crippen molar-refractivity contribution in [1.29, 1.82) is 0 Å². The average Bonchev–Trinajstić information content (AvgIpc) is 3.06. The summed E-state index contributed by atoms with van der Waals surface area (Å²) >= 11 is 0. The molecule has 0 unspecified atom stereocenters. The molecule has 20 heavy (non-hydrogen) atoms. The zero-order valence-electron chi connectivity index (χ0n) is 13.0. The fourth-order valence-electron chi connectivity index (χ4n) is 5.18. The molecule has 0 amide bonds. The number of fused-ring (bicyclic) bond motifs is 7. The van der Waals surface area contributed by atoms with Gasteiger partial charge < -0.3 is 9.64 Å². The fraction of sp³-hybridized carbons (Fsp3) is 0.667. The van der Waals surface area contributed by atoms with E-state index >= 15 is 0 Å². The van der Waals surface area contributed by atoms with E-state index in [0.717, 1.165) is 29.5 Å². The molecule has 1 heterocycles. The van der Waals surface area contributed by atoms with E-state index in [4.69, 9.17) is 4.74 Å². The van der Waals surface area contributed by atoms with Gasteiger partial charge in [0, 0.05) is 29.3 Å². The summed E-state index contributed by atoms with van der Waals surface area (Å²) < 4.78 is 5.47. The lowest BCUT2D eigenvalue weighted by Crippen LogP contribution is -2.49. The molecule has 3 aliphatic rings. The van der Waals surface area contributed by atoms with Crippen molar-refractivity contribution in [2.24, 2.45) is 11.8 Å². The molecule has 2 fully saturated rings. The number of ether oxygens (including phenoxy) is 1. The Morgan fingerprint density at radius 1 is 1.15 bits per heavy atom. The molecule has 1 aromatic rings. The lowest BCUT2D eigenvalue weighted by molar-refractivity contribution is 0.325. The lowest BCUT2D eigenvalue weighted by atomic mass is 9.81. The van der Waals surface area contributed by atoms with Crippen LogP contribution in [0.4, 0.5) is 5.69 Å². The predicted molar refractivity (Wildman–Crippen MR) is 82.6 cm³/mol. The second-order valence-corrected chi connectivity index (χ2v) is 7.82. The number of anilines is 1. The Kier molecular flexibility index (Phi) is 2.47. The van der Waals surface area contributed by atoms with Crippen LogP contribution in [0.5, 0.6) is 5.75 Å². The van der Waals surface area contributed by atoms with E-state index in [2.05, 4.69) is 43.9 Å². The second kappa shape index (κ2) is 3.93. The normalized spacial score (nSPS) is 34.3. The molecular weight excluding hydrogens is 246 g/mol. The third kappa shape index (κ3) is 1.51. The van der Waals surface area contributed by atoms with Gasteiger partial charge >= 0.3 is 0 Å². The van der Waals surface area contributed by atoms with Gasteiger partial charge in [0.1, 0.15) is 5.75 Å². The van der Waals surface area contributed by atoms with Crippen LogP contribution in [0.15, 0.2) is 18.2 Å². The molecule has 0 radical (unpaired) electrons. The Balaban J connectivity index is 1.87. The van der Waals surface area contributed by atoms with Gasteiger partial charge in [-0.25, -0.2) is 0 Å². The lowest BCUT2D eigenvalue weighted by Gasteiger charge is -2.43. The van der Waals surface area contributed by atoms with Crippen LogP contribution in [0.1, 0.15) is 51.5 Å². The molecule has 4 atom stereocenters. The first-order valence-corrected chi connectivity index (χ1v) is 7.98. The van der Waals surface area contributed by atoms with Crippen LogP contribution in [-0.2, 0) is 0 Å². The molecule has 1 aromatic carbocycles. The van der Waals surface area contributed by atoms with Crippen molar-refractivity contribution in [3.05, 3.63) is 23.8 Å². The Hall–Kier alpha value is -1.18. The van der Waals surface area contributed by atoms with E-state index in [9.17, 15) is 0 Å². The van der Waals surface area contributed by atoms with Gasteiger partial charge in [-0.1, -0.05) is 6.07 Å². The number of benzene rings is 1. The second-order valence-electron chi connectivity index (χ2n) is 7.82. The van der Waals surface area contributed by atoms with Gasteiger partial charge in [0.05, 0.1) is 7.11 Å². The van der Waals surface area contributed by atoms with Crippen LogP contribution in [0.2, 0.25) is 0 Å². The quantitative estimate of drug-likeness (QED) is 0.759. The van der Waals surface area contributed by atoms with Crippen molar-refractivity contribution in [1.82, 2.24) is 0 Å². The molecule has 2 aliphatic carbocycles. The minimum Gasteiger partial charge on any atom is -0.497 e. The van der Waals surface area contributed by atoms with Gasteiger partial charge in [0.2, 0.25) is 0 Å². The van der Waals surface area contributed by atoms with E-state index < -0.39 is 0 Å². The first-order valence-electron chi connectivity index (χ1n) is 7.98. The number of hydrogen-bond donors (Lipinski definition) is 0. The van der Waals surface area contributed by atoms with Crippen LogP contribution < -0.4 is 9.64 Å². The van der Waals surface area contributed by atoms with E-state index in [-0.39, 0.29) is 5.54 Å². The molecule has 4 rings (SSSR count). The summed E-state index contributed by atoms with van der Waals surface area (Å²) in [6.07, 6.45) is 4.33. The predicted octanol–water partition coefficient (Wildman–Crippen LogP) is 4.20. The van der Waals surface area contributed by atoms with E-state index in [1.807, 2.05) is 0 Å². The first-order chi connectivity index (χ1) is 9.50. The highest BCUT2D eigenvalue weighted by Crippen LogP contribution is 2.62. The third-order valence-corrected chi connectivity index (χ3v) is 5.75. The average molecular weight is 271 g/mol. The summed E-state index contributed by atoms with van der Waals surface area (Å²) in [5, 5.41) is 0. The fourth-order valence-corrected chi connectivity index (χ4v) is 5.18. The van der Waals surface area contributed by atoms with Crippen molar-refractivity contribution in [3.63, 3.8) is 0 Å². The Labute approximate surface area is 122 Å². The molecule has 2 bridgehead atoms. The molecule has 2 saturated carbocycles. The largest absolute Gasteiger partial charge is 0.497 e. The van der Waals surface area contributed by atoms with Crippen LogP contribution in [0.3, 0.4) is 0 Å². The summed E-state index contributed by atoms with van der Waals surface area (Å²) in [7, 11) is 1.77. The van der Waals surface area contributed by atoms with E-state index in [1.54, 1.807) is 12.7 Å². The summed E-state index contributed by atoms with van der Waals surface area (Å²) in [4.78, 5) is 2.71. The third-order valence-electron chi connectivity index (χ3n) is 5.75. The topological polar surface area (TPSA) is 12.5 Å². The van der Waals surface area contributed by atoms with Crippen molar-refractivity contribution in [2.75, 3.05) is 12.0 Å². The van der Waals surface area contributed by atoms with Crippen LogP contribution in [0, 0.1) is 11.8 Å². The minimum atomic E-state index is 0.186. The maximum absolute atomic E-state index is 5.47. The number of nitrogens with zero attached hydrogens (tertiary/aromatic N) is 1. The smallest absolute Gasteiger partial charge is 0.120 e. The molecule has 0 saturated heterocycles. The van der Waals surface area contributed by atoms with Crippen LogP contribution >= 0.6 is 0 Å². The van der Waals surface area contributed by atoms with E-state index in [1.165, 1.54) is 24.9 Å². The van der Waals surface area contributed by atoms with Crippen LogP contribution in [-0.4, -0.2) is 18.7 Å². The monoisotopic (exact) mass is 271 g/mol. The molecule has 1 aliphatic heterocycles. The minimum absolute atomic E-state index is 0.186. The van der Waals surface area contributed by atoms with Crippen molar-refractivity contribution in [2.45, 2.75) is 57.5 Å². The summed E-state index contributed by atoms with van der Waals surface area (Å²) in [5.74, 6) is 3.59. The number of hydrogen-bond acceptors (Lipinski definition) is 2. The highest BCUT2D eigenvalue weighted by molar-refractivity contribution is 5.67. The molecule has 0 spiro atoms. The standard InChI is InChI=1S/C18H25NO/c1-18(2,3)19-15-10-13(20-4)7-8-14(15)16-11-5-6-12(9-11)17(16)19/h7-8,10-12,16-17H,5-6,9H2,1-4H3/t11-,12+,16-,17-/m1/s1. The Morgan fingerprint density at radius 2 is 1.90 bits per heavy atom. The molecule has 0 aromatic heterocycles. The van der Waals surface area contributed by atoms with Gasteiger partial charge in [-0.05, 0) is 63.5 Å². The van der Waals surface area contributed by atoms with Gasteiger partial charge in [-0.15, -0.1) is 0 Å². The first kappa shape index (κ1) is 12.6. The summed E-state index contributed by atoms with van der Waals surface area (Å²) in [6, 6.07) is 7.47. The summed E-state index contributed by atoms with van der Waals surface area (Å²) in [5.41, 5.74) is 3.20. The highest BCUT2D eigenvalue weighted by atomic mass is 16.5. The van der Waals surface area contributed by atoms with Gasteiger partial charge in [-0.3, -0.25) is 0 Å². The van der Waals surface area contributed by atoms with Crippen molar-refractivity contribution < 1.29 is 4.74 Å². The van der Waals surface area contributed by atoms with Gasteiger partial charge in [-0.2, -0.15) is 0 Å². The van der Waals surface area contributed by atoms with E-state index in [0.29, 0.717) is 0 Å². The van der Waals surface area contributed by atoms with Crippen molar-refractivity contribution in [3.8, 4) is 5.75 Å². The number of methoxy groups -OCH3 is 1. The Bertz CT molecular complexity index is 545. The summed E-state index contributed by atoms with van der Waals surface area (Å²) in [6.45, 7) is 7.06.